The van der Waals surface area contributed by atoms with Gasteiger partial charge in [-0.1, -0.05) is 50.0 Å². The van der Waals surface area contributed by atoms with Crippen molar-refractivity contribution in [3.05, 3.63) is 41.4 Å². The molecule has 0 heterocycles. The molecular weight excluding hydrogens is 188 g/mol. The van der Waals surface area contributed by atoms with E-state index in [1.807, 2.05) is 18.2 Å². The monoisotopic (exact) mass is 204 g/mol. The first-order chi connectivity index (χ1) is 6.54. The fraction of sp³-hybridized carbons (Fsp3) is 0.364. The van der Waals surface area contributed by atoms with Crippen molar-refractivity contribution >= 4 is 13.4 Å². The molecule has 0 amide bonds. The first kappa shape index (κ1) is 10.9. The second-order valence-corrected chi connectivity index (χ2v) is 9.54. The molecule has 0 saturated heterocycles. The molecule has 3 heteroatoms. The van der Waals surface area contributed by atoms with Crippen LogP contribution in [0.25, 0.3) is 5.53 Å². The van der Waals surface area contributed by atoms with Crippen LogP contribution in [0.1, 0.15) is 5.56 Å². The third-order valence-electron chi connectivity index (χ3n) is 2.20. The zero-order chi connectivity index (χ0) is 10.6. The summed E-state index contributed by atoms with van der Waals surface area (Å²) in [4.78, 5) is 3.43. The number of hydrogen-bond donors (Lipinski definition) is 0. The van der Waals surface area contributed by atoms with Gasteiger partial charge in [0.25, 0.3) is 0 Å². The van der Waals surface area contributed by atoms with Crippen molar-refractivity contribution in [2.75, 3.05) is 0 Å². The molecule has 0 spiro atoms. The Morgan fingerprint density at radius 1 is 1.21 bits per heavy atom. The third-order valence-corrected chi connectivity index (χ3v) is 4.21. The van der Waals surface area contributed by atoms with E-state index in [1.165, 1.54) is 5.56 Å². The van der Waals surface area contributed by atoms with Gasteiger partial charge in [0.15, 0.2) is 8.07 Å². The summed E-state index contributed by atoms with van der Waals surface area (Å²) >= 11 is 0. The summed E-state index contributed by atoms with van der Waals surface area (Å²) in [5.41, 5.74) is 10.2. The molecule has 1 rings (SSSR count). The molecule has 0 aliphatic carbocycles. The fourth-order valence-electron chi connectivity index (χ4n) is 1.24. The second kappa shape index (κ2) is 4.36. The van der Waals surface area contributed by atoms with Crippen molar-refractivity contribution in [3.63, 3.8) is 0 Å². The van der Waals surface area contributed by atoms with Gasteiger partial charge in [-0.3, -0.25) is 0 Å². The van der Waals surface area contributed by atoms with Crippen LogP contribution in [0.4, 0.5) is 0 Å². The van der Waals surface area contributed by atoms with Crippen LogP contribution in [0, 0.1) is 0 Å². The number of nitrogens with zero attached hydrogens (tertiary/aromatic N) is 2. The van der Waals surface area contributed by atoms with Gasteiger partial charge in [-0.25, -0.2) is 0 Å². The lowest BCUT2D eigenvalue weighted by Gasteiger charge is -2.09. The lowest BCUT2D eigenvalue weighted by molar-refractivity contribution is -0.00349. The van der Waals surface area contributed by atoms with Gasteiger partial charge in [-0.05, 0) is 5.56 Å². The van der Waals surface area contributed by atoms with E-state index in [0.29, 0.717) is 0 Å². The van der Waals surface area contributed by atoms with Crippen LogP contribution >= 0.6 is 0 Å². The zero-order valence-electron chi connectivity index (χ0n) is 8.99. The molecule has 0 bridgehead atoms. The summed E-state index contributed by atoms with van der Waals surface area (Å²) < 4.78 is 0. The second-order valence-electron chi connectivity index (χ2n) is 4.46. The van der Waals surface area contributed by atoms with Crippen LogP contribution in [-0.4, -0.2) is 18.2 Å². The molecule has 0 saturated carbocycles. The lowest BCUT2D eigenvalue weighted by Crippen LogP contribution is -2.35. The maximum Gasteiger partial charge on any atom is 0.241 e. The van der Waals surface area contributed by atoms with E-state index >= 15 is 0 Å². The minimum Gasteiger partial charge on any atom is -0.362 e. The molecular formula is C11H16N2Si. The van der Waals surface area contributed by atoms with Gasteiger partial charge in [0, 0.05) is 0 Å². The zero-order valence-corrected chi connectivity index (χ0v) is 9.99. The fourth-order valence-corrected chi connectivity index (χ4v) is 2.27. The van der Waals surface area contributed by atoms with Crippen molar-refractivity contribution in [2.45, 2.75) is 26.1 Å². The van der Waals surface area contributed by atoms with Gasteiger partial charge in [0.2, 0.25) is 5.33 Å². The van der Waals surface area contributed by atoms with Crippen molar-refractivity contribution in [3.8, 4) is 0 Å². The van der Waals surface area contributed by atoms with Gasteiger partial charge in [0.1, 0.15) is 0 Å². The van der Waals surface area contributed by atoms with E-state index in [2.05, 4.69) is 36.6 Å². The van der Waals surface area contributed by atoms with Gasteiger partial charge >= 0.3 is 0 Å². The predicted molar refractivity (Wildman–Crippen MR) is 62.1 cm³/mol. The van der Waals surface area contributed by atoms with Gasteiger partial charge in [-0.15, -0.1) is 0 Å². The van der Waals surface area contributed by atoms with Crippen LogP contribution in [0.5, 0.6) is 0 Å². The maximum atomic E-state index is 8.95. The first-order valence-electron chi connectivity index (χ1n) is 4.79. The normalized spacial score (nSPS) is 10.8. The molecule has 1 aromatic carbocycles. The van der Waals surface area contributed by atoms with Gasteiger partial charge in [-0.2, -0.15) is 4.79 Å². The molecule has 0 unspecified atom stereocenters. The van der Waals surface area contributed by atoms with E-state index in [4.69, 9.17) is 5.53 Å². The Bertz CT molecular complexity index is 345. The Hall–Kier alpha value is -1.18. The summed E-state index contributed by atoms with van der Waals surface area (Å²) in [7, 11) is -1.47. The van der Waals surface area contributed by atoms with E-state index in [-0.39, 0.29) is 0 Å². The van der Waals surface area contributed by atoms with Crippen molar-refractivity contribution in [1.82, 2.24) is 0 Å². The molecule has 0 N–H and O–H groups in total. The smallest absolute Gasteiger partial charge is 0.241 e. The average molecular weight is 204 g/mol. The van der Waals surface area contributed by atoms with Crippen molar-refractivity contribution in [2.24, 2.45) is 0 Å². The molecule has 0 radical (unpaired) electrons. The van der Waals surface area contributed by atoms with Gasteiger partial charge in [0.05, 0.1) is 6.42 Å². The standard InChI is InChI=1S/C11H16N2Si/c1-14(2,3)11(13-12)9-10-7-5-4-6-8-10/h4-8H,9H2,1-3H3. The SMILES string of the molecule is C[Si](C)(C)C(Cc1ccccc1)=[N+]=[N-]. The Morgan fingerprint density at radius 3 is 2.21 bits per heavy atom. The summed E-state index contributed by atoms with van der Waals surface area (Å²) in [5.74, 6) is 0. The Kier molecular flexibility index (Phi) is 3.39. The van der Waals surface area contributed by atoms with Crippen LogP contribution in [-0.2, 0) is 6.42 Å². The Labute approximate surface area is 86.2 Å². The molecule has 0 fully saturated rings. The van der Waals surface area contributed by atoms with E-state index in [0.717, 1.165) is 11.8 Å². The largest absolute Gasteiger partial charge is 0.362 e. The van der Waals surface area contributed by atoms with Crippen molar-refractivity contribution in [1.29, 1.82) is 0 Å². The Morgan fingerprint density at radius 2 is 1.79 bits per heavy atom. The number of benzene rings is 1. The highest BCUT2D eigenvalue weighted by Crippen LogP contribution is 2.08. The molecule has 0 atom stereocenters. The van der Waals surface area contributed by atoms with Crippen LogP contribution in [0.2, 0.25) is 19.6 Å². The highest BCUT2D eigenvalue weighted by molar-refractivity contribution is 7.03. The minimum absolute atomic E-state index is 0.771. The molecule has 0 aliphatic heterocycles. The maximum absolute atomic E-state index is 8.95. The Balaban J connectivity index is 2.84. The van der Waals surface area contributed by atoms with E-state index in [1.54, 1.807) is 0 Å². The number of rotatable bonds is 3. The molecule has 2 nitrogen and oxygen atoms in total. The molecule has 0 aliphatic rings. The minimum atomic E-state index is -1.47. The lowest BCUT2D eigenvalue weighted by atomic mass is 10.2. The molecule has 0 aromatic heterocycles. The van der Waals surface area contributed by atoms with Crippen molar-refractivity contribution < 1.29 is 4.79 Å². The summed E-state index contributed by atoms with van der Waals surface area (Å²) in [5, 5.41) is 0.948. The van der Waals surface area contributed by atoms with Crippen LogP contribution < -0.4 is 0 Å². The summed E-state index contributed by atoms with van der Waals surface area (Å²) in [6.45, 7) is 6.56. The molecule has 14 heavy (non-hydrogen) atoms. The quantitative estimate of drug-likeness (QED) is 0.314. The van der Waals surface area contributed by atoms with E-state index in [9.17, 15) is 0 Å². The molecule has 74 valence electrons. The van der Waals surface area contributed by atoms with Crippen LogP contribution in [0.15, 0.2) is 30.3 Å². The average Bonchev–Trinajstić information content (AvgIpc) is 2.14. The van der Waals surface area contributed by atoms with Crippen LogP contribution in [0.3, 0.4) is 0 Å². The predicted octanol–water partition coefficient (Wildman–Crippen LogP) is 2.78. The highest BCUT2D eigenvalue weighted by atomic mass is 28.3. The summed E-state index contributed by atoms with van der Waals surface area (Å²) in [6.07, 6.45) is 0.771. The highest BCUT2D eigenvalue weighted by Gasteiger charge is 2.29. The van der Waals surface area contributed by atoms with E-state index < -0.39 is 8.07 Å². The molecule has 1 aromatic rings. The topological polar surface area (TPSA) is 36.4 Å². The summed E-state index contributed by atoms with van der Waals surface area (Å²) in [6, 6.07) is 10.1. The number of hydrogen-bond acceptors (Lipinski definition) is 0. The third kappa shape index (κ3) is 2.94. The first-order valence-corrected chi connectivity index (χ1v) is 8.29. The van der Waals surface area contributed by atoms with Gasteiger partial charge < -0.3 is 5.53 Å².